The average Bonchev–Trinajstić information content (AvgIpc) is 2.38. The van der Waals surface area contributed by atoms with Crippen molar-refractivity contribution in [2.45, 2.75) is 6.61 Å². The zero-order valence-corrected chi connectivity index (χ0v) is 9.54. The van der Waals surface area contributed by atoms with Crippen LogP contribution in [-0.4, -0.2) is 16.1 Å². The smallest absolute Gasteiger partial charge is 0.413 e. The Kier molecular flexibility index (Phi) is 3.70. The molecule has 1 amide bonds. The Morgan fingerprint density at radius 3 is 2.78 bits per heavy atom. The quantitative estimate of drug-likeness (QED) is 0.859. The van der Waals surface area contributed by atoms with E-state index in [0.717, 1.165) is 5.56 Å². The van der Waals surface area contributed by atoms with E-state index in [-0.39, 0.29) is 12.4 Å². The highest BCUT2D eigenvalue weighted by molar-refractivity contribution is 5.83. The third-order valence-corrected chi connectivity index (χ3v) is 2.13. The minimum Gasteiger partial charge on any atom is -0.444 e. The Balaban J connectivity index is 1.86. The molecular weight excluding hydrogens is 232 g/mol. The maximum atomic E-state index is 11.5. The fourth-order valence-electron chi connectivity index (χ4n) is 1.30. The van der Waals surface area contributed by atoms with Gasteiger partial charge >= 0.3 is 6.09 Å². The van der Waals surface area contributed by atoms with E-state index in [1.54, 1.807) is 0 Å². The summed E-state index contributed by atoms with van der Waals surface area (Å²) in [6.45, 7) is 0.202. The number of rotatable bonds is 3. The van der Waals surface area contributed by atoms with Gasteiger partial charge in [0, 0.05) is 6.07 Å². The van der Waals surface area contributed by atoms with Crippen LogP contribution in [0.4, 0.5) is 16.4 Å². The van der Waals surface area contributed by atoms with Crippen LogP contribution in [0.3, 0.4) is 0 Å². The van der Waals surface area contributed by atoms with Gasteiger partial charge < -0.3 is 10.5 Å². The summed E-state index contributed by atoms with van der Waals surface area (Å²) >= 11 is 0. The molecule has 0 aliphatic rings. The fraction of sp³-hybridized carbons (Fsp3) is 0.0833. The van der Waals surface area contributed by atoms with Crippen LogP contribution in [-0.2, 0) is 11.3 Å². The summed E-state index contributed by atoms with van der Waals surface area (Å²) < 4.78 is 5.02. The molecule has 0 radical (unpaired) electrons. The Morgan fingerprint density at radius 1 is 1.28 bits per heavy atom. The zero-order chi connectivity index (χ0) is 12.8. The fourth-order valence-corrected chi connectivity index (χ4v) is 1.30. The van der Waals surface area contributed by atoms with Crippen LogP contribution in [0.1, 0.15) is 5.56 Å². The van der Waals surface area contributed by atoms with Gasteiger partial charge in [0.2, 0.25) is 0 Å². The van der Waals surface area contributed by atoms with E-state index in [4.69, 9.17) is 10.5 Å². The Hall–Kier alpha value is -2.63. The standard InChI is InChI=1S/C12H12N4O2/c13-10-6-11(15-8-14-10)16-12(17)18-7-9-4-2-1-3-5-9/h1-6,8H,7H2,(H3,13,14,15,16,17). The minimum atomic E-state index is -0.586. The van der Waals surface area contributed by atoms with Crippen LogP contribution >= 0.6 is 0 Å². The summed E-state index contributed by atoms with van der Waals surface area (Å²) in [5.74, 6) is 0.587. The second-order valence-electron chi connectivity index (χ2n) is 3.51. The van der Waals surface area contributed by atoms with Gasteiger partial charge in [-0.25, -0.2) is 14.8 Å². The van der Waals surface area contributed by atoms with Gasteiger partial charge in [0.15, 0.2) is 0 Å². The molecule has 0 atom stereocenters. The predicted molar refractivity (Wildman–Crippen MR) is 66.7 cm³/mol. The second-order valence-corrected chi connectivity index (χ2v) is 3.51. The number of carbonyl (C=O) groups excluding carboxylic acids is 1. The summed E-state index contributed by atoms with van der Waals surface area (Å²) in [6.07, 6.45) is 0.680. The molecule has 0 aliphatic carbocycles. The number of nitrogens with two attached hydrogens (primary N) is 1. The van der Waals surface area contributed by atoms with Crippen molar-refractivity contribution in [3.8, 4) is 0 Å². The van der Waals surface area contributed by atoms with Gasteiger partial charge in [-0.05, 0) is 5.56 Å². The molecule has 0 saturated carbocycles. The normalized spacial score (nSPS) is 9.78. The third kappa shape index (κ3) is 3.44. The van der Waals surface area contributed by atoms with Gasteiger partial charge in [-0.15, -0.1) is 0 Å². The summed E-state index contributed by atoms with van der Waals surface area (Å²) in [6, 6.07) is 10.8. The highest BCUT2D eigenvalue weighted by Crippen LogP contribution is 2.06. The van der Waals surface area contributed by atoms with Crippen molar-refractivity contribution >= 4 is 17.7 Å². The first-order valence-corrected chi connectivity index (χ1v) is 5.29. The largest absolute Gasteiger partial charge is 0.444 e. The molecule has 3 N–H and O–H groups in total. The molecular formula is C12H12N4O2. The number of nitrogen functional groups attached to an aromatic ring is 1. The number of benzene rings is 1. The molecule has 1 aromatic carbocycles. The van der Waals surface area contributed by atoms with Crippen LogP contribution < -0.4 is 11.1 Å². The van der Waals surface area contributed by atoms with Crippen molar-refractivity contribution in [1.82, 2.24) is 9.97 Å². The first-order valence-electron chi connectivity index (χ1n) is 5.29. The van der Waals surface area contributed by atoms with Crippen molar-refractivity contribution in [1.29, 1.82) is 0 Å². The number of hydrogen-bond donors (Lipinski definition) is 2. The highest BCUT2D eigenvalue weighted by Gasteiger charge is 2.04. The van der Waals surface area contributed by atoms with Crippen LogP contribution in [0, 0.1) is 0 Å². The third-order valence-electron chi connectivity index (χ3n) is 2.13. The number of hydrogen-bond acceptors (Lipinski definition) is 5. The van der Waals surface area contributed by atoms with Gasteiger partial charge in [-0.2, -0.15) is 0 Å². The molecule has 92 valence electrons. The van der Waals surface area contributed by atoms with Crippen molar-refractivity contribution < 1.29 is 9.53 Å². The molecule has 18 heavy (non-hydrogen) atoms. The van der Waals surface area contributed by atoms with E-state index >= 15 is 0 Å². The summed E-state index contributed by atoms with van der Waals surface area (Å²) in [5.41, 5.74) is 6.37. The lowest BCUT2D eigenvalue weighted by Gasteiger charge is -2.06. The Morgan fingerprint density at radius 2 is 2.06 bits per heavy atom. The number of nitrogens with one attached hydrogen (secondary N) is 1. The number of nitrogens with zero attached hydrogens (tertiary/aromatic N) is 2. The van der Waals surface area contributed by atoms with Gasteiger partial charge in [0.1, 0.15) is 24.6 Å². The second kappa shape index (κ2) is 5.62. The van der Waals surface area contributed by atoms with Crippen molar-refractivity contribution in [2.75, 3.05) is 11.1 Å². The van der Waals surface area contributed by atoms with Crippen molar-refractivity contribution in [3.05, 3.63) is 48.3 Å². The van der Waals surface area contributed by atoms with Gasteiger partial charge in [-0.1, -0.05) is 30.3 Å². The topological polar surface area (TPSA) is 90.1 Å². The highest BCUT2D eigenvalue weighted by atomic mass is 16.5. The maximum absolute atomic E-state index is 11.5. The zero-order valence-electron chi connectivity index (χ0n) is 9.54. The maximum Gasteiger partial charge on any atom is 0.413 e. The van der Waals surface area contributed by atoms with Crippen LogP contribution in [0.2, 0.25) is 0 Å². The van der Waals surface area contributed by atoms with Crippen LogP contribution in [0.5, 0.6) is 0 Å². The van der Waals surface area contributed by atoms with E-state index in [9.17, 15) is 4.79 Å². The lowest BCUT2D eigenvalue weighted by molar-refractivity contribution is 0.155. The molecule has 6 heteroatoms. The number of carbonyl (C=O) groups is 1. The van der Waals surface area contributed by atoms with E-state index in [1.807, 2.05) is 30.3 Å². The molecule has 2 aromatic rings. The number of amides is 1. The summed E-state index contributed by atoms with van der Waals surface area (Å²) in [7, 11) is 0. The molecule has 0 unspecified atom stereocenters. The lowest BCUT2D eigenvalue weighted by Crippen LogP contribution is -2.14. The molecule has 2 rings (SSSR count). The molecule has 0 fully saturated rings. The predicted octanol–water partition coefficient (Wildman–Crippen LogP) is 1.81. The van der Waals surface area contributed by atoms with Gasteiger partial charge in [0.25, 0.3) is 0 Å². The van der Waals surface area contributed by atoms with Crippen LogP contribution in [0.15, 0.2) is 42.7 Å². The number of anilines is 2. The first-order chi connectivity index (χ1) is 8.74. The van der Waals surface area contributed by atoms with Crippen molar-refractivity contribution in [2.24, 2.45) is 0 Å². The molecule has 1 aromatic heterocycles. The monoisotopic (exact) mass is 244 g/mol. The van der Waals surface area contributed by atoms with E-state index in [0.29, 0.717) is 5.82 Å². The molecule has 0 saturated heterocycles. The Bertz CT molecular complexity index is 531. The Labute approximate surface area is 104 Å². The van der Waals surface area contributed by atoms with Gasteiger partial charge in [-0.3, -0.25) is 5.32 Å². The molecule has 0 spiro atoms. The van der Waals surface area contributed by atoms with Gasteiger partial charge in [0.05, 0.1) is 0 Å². The summed E-state index contributed by atoms with van der Waals surface area (Å²) in [4.78, 5) is 19.0. The number of aromatic nitrogens is 2. The molecule has 0 aliphatic heterocycles. The average molecular weight is 244 g/mol. The van der Waals surface area contributed by atoms with E-state index in [1.165, 1.54) is 12.4 Å². The molecule has 0 bridgehead atoms. The first kappa shape index (κ1) is 11.8. The SMILES string of the molecule is Nc1cc(NC(=O)OCc2ccccc2)ncn1. The minimum absolute atomic E-state index is 0.202. The number of ether oxygens (including phenoxy) is 1. The van der Waals surface area contributed by atoms with E-state index in [2.05, 4.69) is 15.3 Å². The summed E-state index contributed by atoms with van der Waals surface area (Å²) in [5, 5.41) is 2.46. The molecule has 6 nitrogen and oxygen atoms in total. The lowest BCUT2D eigenvalue weighted by atomic mass is 10.2. The molecule has 1 heterocycles. The van der Waals surface area contributed by atoms with Crippen LogP contribution in [0.25, 0.3) is 0 Å². The van der Waals surface area contributed by atoms with Crippen molar-refractivity contribution in [3.63, 3.8) is 0 Å². The van der Waals surface area contributed by atoms with E-state index < -0.39 is 6.09 Å².